The molecule has 0 amide bonds. The molecule has 1 aromatic heterocycles. The summed E-state index contributed by atoms with van der Waals surface area (Å²) < 4.78 is 2.02. The molecule has 17 heavy (non-hydrogen) atoms. The average Bonchev–Trinajstić information content (AvgIpc) is 2.79. The lowest BCUT2D eigenvalue weighted by Gasteiger charge is -2.16. The molecule has 2 rings (SSSR count). The summed E-state index contributed by atoms with van der Waals surface area (Å²) >= 11 is 0. The normalized spacial score (nSPS) is 24.2. The van der Waals surface area contributed by atoms with E-state index in [1.807, 2.05) is 11.6 Å². The van der Waals surface area contributed by atoms with Crippen molar-refractivity contribution in [2.24, 2.45) is 5.92 Å². The van der Waals surface area contributed by atoms with Crippen molar-refractivity contribution in [1.82, 2.24) is 9.78 Å². The van der Waals surface area contributed by atoms with Crippen LogP contribution in [-0.2, 0) is 6.54 Å². The molecule has 0 aliphatic heterocycles. The predicted molar refractivity (Wildman–Crippen MR) is 72.1 cm³/mol. The van der Waals surface area contributed by atoms with Crippen LogP contribution in [0.2, 0.25) is 0 Å². The van der Waals surface area contributed by atoms with Crippen molar-refractivity contribution in [1.29, 1.82) is 0 Å². The minimum absolute atomic E-state index is 0.569. The zero-order valence-electron chi connectivity index (χ0n) is 11.2. The Morgan fingerprint density at radius 1 is 1.47 bits per heavy atom. The molecule has 1 saturated carbocycles. The minimum Gasteiger partial charge on any atom is -0.394 e. The van der Waals surface area contributed by atoms with Crippen molar-refractivity contribution in [2.45, 2.75) is 59.0 Å². The van der Waals surface area contributed by atoms with E-state index in [-0.39, 0.29) is 0 Å². The number of hydrogen-bond acceptors (Lipinski definition) is 3. The highest BCUT2D eigenvalue weighted by Crippen LogP contribution is 2.30. The first-order chi connectivity index (χ1) is 8.11. The molecule has 4 heteroatoms. The van der Waals surface area contributed by atoms with Crippen LogP contribution in [0, 0.1) is 12.8 Å². The van der Waals surface area contributed by atoms with Gasteiger partial charge in [0, 0.05) is 12.6 Å². The topological polar surface area (TPSA) is 55.9 Å². The van der Waals surface area contributed by atoms with Crippen molar-refractivity contribution in [2.75, 3.05) is 11.1 Å². The van der Waals surface area contributed by atoms with Gasteiger partial charge in [0.2, 0.25) is 0 Å². The van der Waals surface area contributed by atoms with Crippen LogP contribution in [0.3, 0.4) is 0 Å². The second kappa shape index (κ2) is 4.98. The largest absolute Gasteiger partial charge is 0.394 e. The van der Waals surface area contributed by atoms with E-state index in [9.17, 15) is 0 Å². The molecule has 0 bridgehead atoms. The highest BCUT2D eigenvalue weighted by molar-refractivity contribution is 5.65. The van der Waals surface area contributed by atoms with Crippen molar-refractivity contribution in [3.8, 4) is 0 Å². The first kappa shape index (κ1) is 12.3. The molecule has 3 N–H and O–H groups in total. The third-order valence-corrected chi connectivity index (χ3v) is 3.64. The minimum atomic E-state index is 0.569. The summed E-state index contributed by atoms with van der Waals surface area (Å²) in [5, 5.41) is 8.08. The SMILES string of the molecule is CCCn1nc(C)c(N)c1NC1CCC(C)C1. The Balaban J connectivity index is 2.13. The second-order valence-corrected chi connectivity index (χ2v) is 5.33. The van der Waals surface area contributed by atoms with Gasteiger partial charge in [-0.15, -0.1) is 0 Å². The van der Waals surface area contributed by atoms with Gasteiger partial charge in [-0.25, -0.2) is 4.68 Å². The van der Waals surface area contributed by atoms with Gasteiger partial charge in [0.25, 0.3) is 0 Å². The molecule has 4 nitrogen and oxygen atoms in total. The van der Waals surface area contributed by atoms with Gasteiger partial charge in [-0.2, -0.15) is 5.10 Å². The number of hydrogen-bond donors (Lipinski definition) is 2. The van der Waals surface area contributed by atoms with Crippen LogP contribution in [0.1, 0.15) is 45.2 Å². The zero-order valence-corrected chi connectivity index (χ0v) is 11.2. The van der Waals surface area contributed by atoms with E-state index >= 15 is 0 Å². The van der Waals surface area contributed by atoms with Crippen molar-refractivity contribution >= 4 is 11.5 Å². The fourth-order valence-electron chi connectivity index (χ4n) is 2.65. The predicted octanol–water partition coefficient (Wildman–Crippen LogP) is 2.78. The summed E-state index contributed by atoms with van der Waals surface area (Å²) in [4.78, 5) is 0. The number of nitrogens with two attached hydrogens (primary N) is 1. The Bertz CT molecular complexity index is 383. The third kappa shape index (κ3) is 2.56. The van der Waals surface area contributed by atoms with Crippen LogP contribution in [0.15, 0.2) is 0 Å². The van der Waals surface area contributed by atoms with Gasteiger partial charge >= 0.3 is 0 Å². The molecular formula is C13H24N4. The molecule has 0 aromatic carbocycles. The molecule has 96 valence electrons. The zero-order chi connectivity index (χ0) is 12.4. The van der Waals surface area contributed by atoms with Crippen molar-refractivity contribution < 1.29 is 0 Å². The second-order valence-electron chi connectivity index (χ2n) is 5.33. The molecule has 0 spiro atoms. The molecule has 1 heterocycles. The van der Waals surface area contributed by atoms with Gasteiger partial charge in [0.15, 0.2) is 0 Å². The Labute approximate surface area is 104 Å². The first-order valence-corrected chi connectivity index (χ1v) is 6.71. The van der Waals surface area contributed by atoms with E-state index in [1.54, 1.807) is 0 Å². The number of aryl methyl sites for hydroxylation is 2. The van der Waals surface area contributed by atoms with Crippen molar-refractivity contribution in [3.05, 3.63) is 5.69 Å². The summed E-state index contributed by atoms with van der Waals surface area (Å²) in [5.41, 5.74) is 7.86. The summed E-state index contributed by atoms with van der Waals surface area (Å²) in [6.45, 7) is 7.39. The Morgan fingerprint density at radius 2 is 2.24 bits per heavy atom. The number of rotatable bonds is 4. The Hall–Kier alpha value is -1.19. The number of anilines is 2. The molecule has 1 aliphatic carbocycles. The van der Waals surface area contributed by atoms with E-state index < -0.39 is 0 Å². The van der Waals surface area contributed by atoms with Gasteiger partial charge < -0.3 is 11.1 Å². The van der Waals surface area contributed by atoms with Gasteiger partial charge in [0.05, 0.1) is 11.4 Å². The van der Waals surface area contributed by atoms with E-state index in [1.165, 1.54) is 19.3 Å². The number of nitrogens with one attached hydrogen (secondary N) is 1. The van der Waals surface area contributed by atoms with E-state index in [4.69, 9.17) is 5.73 Å². The quantitative estimate of drug-likeness (QED) is 0.845. The lowest BCUT2D eigenvalue weighted by atomic mass is 10.1. The number of nitrogen functional groups attached to an aromatic ring is 1. The molecule has 2 atom stereocenters. The average molecular weight is 236 g/mol. The maximum atomic E-state index is 6.10. The molecular weight excluding hydrogens is 212 g/mol. The highest BCUT2D eigenvalue weighted by Gasteiger charge is 2.23. The summed E-state index contributed by atoms with van der Waals surface area (Å²) in [6.07, 6.45) is 4.89. The molecule has 0 saturated heterocycles. The summed E-state index contributed by atoms with van der Waals surface area (Å²) in [6, 6.07) is 0.569. The lowest BCUT2D eigenvalue weighted by Crippen LogP contribution is -2.19. The molecule has 1 fully saturated rings. The van der Waals surface area contributed by atoms with Gasteiger partial charge in [0.1, 0.15) is 5.82 Å². The number of aromatic nitrogens is 2. The third-order valence-electron chi connectivity index (χ3n) is 3.64. The van der Waals surface area contributed by atoms with E-state index in [0.29, 0.717) is 6.04 Å². The van der Waals surface area contributed by atoms with E-state index in [2.05, 4.69) is 24.3 Å². The first-order valence-electron chi connectivity index (χ1n) is 6.71. The monoisotopic (exact) mass is 236 g/mol. The van der Waals surface area contributed by atoms with Crippen LogP contribution in [0.4, 0.5) is 11.5 Å². The van der Waals surface area contributed by atoms with Crippen LogP contribution in [0.5, 0.6) is 0 Å². The van der Waals surface area contributed by atoms with Gasteiger partial charge in [-0.3, -0.25) is 0 Å². The van der Waals surface area contributed by atoms with Crippen LogP contribution in [-0.4, -0.2) is 15.8 Å². The Kier molecular flexibility index (Phi) is 3.60. The maximum Gasteiger partial charge on any atom is 0.148 e. The van der Waals surface area contributed by atoms with Crippen LogP contribution >= 0.6 is 0 Å². The Morgan fingerprint density at radius 3 is 2.82 bits per heavy atom. The fraction of sp³-hybridized carbons (Fsp3) is 0.769. The molecule has 1 aromatic rings. The standard InChI is InChI=1S/C13H24N4/c1-4-7-17-13(12(14)10(3)16-17)15-11-6-5-9(2)8-11/h9,11,15H,4-8,14H2,1-3H3. The highest BCUT2D eigenvalue weighted by atomic mass is 15.3. The van der Waals surface area contributed by atoms with Gasteiger partial charge in [-0.1, -0.05) is 13.8 Å². The molecule has 2 unspecified atom stereocenters. The van der Waals surface area contributed by atoms with E-state index in [0.717, 1.165) is 36.1 Å². The maximum absolute atomic E-state index is 6.10. The fourth-order valence-corrected chi connectivity index (χ4v) is 2.65. The summed E-state index contributed by atoms with van der Waals surface area (Å²) in [5.74, 6) is 1.86. The summed E-state index contributed by atoms with van der Waals surface area (Å²) in [7, 11) is 0. The van der Waals surface area contributed by atoms with Crippen molar-refractivity contribution in [3.63, 3.8) is 0 Å². The van der Waals surface area contributed by atoms with Gasteiger partial charge in [-0.05, 0) is 38.5 Å². The smallest absolute Gasteiger partial charge is 0.148 e. The van der Waals surface area contributed by atoms with Crippen LogP contribution in [0.25, 0.3) is 0 Å². The number of nitrogens with zero attached hydrogens (tertiary/aromatic N) is 2. The lowest BCUT2D eigenvalue weighted by molar-refractivity contribution is 0.584. The molecule has 0 radical (unpaired) electrons. The van der Waals surface area contributed by atoms with Crippen LogP contribution < -0.4 is 11.1 Å². The molecule has 1 aliphatic rings.